The molecular formula is C19H27N5O. The minimum atomic E-state index is -0.488. The third kappa shape index (κ3) is 3.30. The Hall–Kier alpha value is -2.24. The molecule has 1 fully saturated rings. The quantitative estimate of drug-likeness (QED) is 0.927. The molecule has 1 N–H and O–H groups in total. The van der Waals surface area contributed by atoms with Crippen LogP contribution in [-0.4, -0.2) is 26.1 Å². The summed E-state index contributed by atoms with van der Waals surface area (Å²) in [5.74, 6) is 1.46. The van der Waals surface area contributed by atoms with Crippen LogP contribution >= 0.6 is 0 Å². The second-order valence-electron chi connectivity index (χ2n) is 7.32. The van der Waals surface area contributed by atoms with Crippen molar-refractivity contribution in [1.82, 2.24) is 25.5 Å². The smallest absolute Gasteiger partial charge is 0.220 e. The molecule has 1 aliphatic carbocycles. The van der Waals surface area contributed by atoms with E-state index in [2.05, 4.69) is 53.7 Å². The first-order valence-electron chi connectivity index (χ1n) is 9.13. The largest absolute Gasteiger partial charge is 0.343 e. The number of rotatable bonds is 4. The topological polar surface area (TPSA) is 72.7 Å². The van der Waals surface area contributed by atoms with Gasteiger partial charge in [0.15, 0.2) is 5.82 Å². The highest BCUT2D eigenvalue weighted by molar-refractivity contribution is 5.76. The molecule has 0 bridgehead atoms. The first-order chi connectivity index (χ1) is 12.0. The average molecular weight is 341 g/mol. The lowest BCUT2D eigenvalue weighted by Crippen LogP contribution is -2.49. The summed E-state index contributed by atoms with van der Waals surface area (Å²) < 4.78 is 1.83. The van der Waals surface area contributed by atoms with Gasteiger partial charge >= 0.3 is 0 Å². The molecule has 0 atom stereocenters. The zero-order valence-electron chi connectivity index (χ0n) is 15.5. The van der Waals surface area contributed by atoms with Crippen LogP contribution in [0.4, 0.5) is 0 Å². The molecule has 0 unspecified atom stereocenters. The summed E-state index contributed by atoms with van der Waals surface area (Å²) in [4.78, 5) is 12.3. The van der Waals surface area contributed by atoms with E-state index in [1.165, 1.54) is 0 Å². The van der Waals surface area contributed by atoms with Gasteiger partial charge in [0, 0.05) is 6.42 Å². The number of hydrogen-bond donors (Lipinski definition) is 1. The summed E-state index contributed by atoms with van der Waals surface area (Å²) in [7, 11) is 0. The van der Waals surface area contributed by atoms with E-state index in [4.69, 9.17) is 0 Å². The molecule has 1 saturated carbocycles. The lowest BCUT2D eigenvalue weighted by atomic mass is 9.76. The van der Waals surface area contributed by atoms with Crippen molar-refractivity contribution in [2.45, 2.75) is 65.3 Å². The van der Waals surface area contributed by atoms with Crippen molar-refractivity contribution in [3.8, 4) is 5.69 Å². The van der Waals surface area contributed by atoms with Gasteiger partial charge in [0.05, 0.1) is 5.69 Å². The lowest BCUT2D eigenvalue weighted by molar-refractivity contribution is -0.123. The molecule has 0 radical (unpaired) electrons. The van der Waals surface area contributed by atoms with Crippen molar-refractivity contribution >= 4 is 5.91 Å². The van der Waals surface area contributed by atoms with Crippen LogP contribution in [-0.2, 0) is 10.3 Å². The summed E-state index contributed by atoms with van der Waals surface area (Å²) in [5.41, 5.74) is 2.76. The number of aryl methyl sites for hydroxylation is 2. The molecule has 0 aliphatic heterocycles. The van der Waals surface area contributed by atoms with Gasteiger partial charge in [-0.25, -0.2) is 0 Å². The normalized spacial score (nSPS) is 23.4. The Labute approximate surface area is 149 Å². The number of tetrazole rings is 1. The van der Waals surface area contributed by atoms with Gasteiger partial charge in [0.1, 0.15) is 5.54 Å². The third-order valence-corrected chi connectivity index (χ3v) is 5.38. The van der Waals surface area contributed by atoms with E-state index in [0.717, 1.165) is 48.3 Å². The van der Waals surface area contributed by atoms with Crippen molar-refractivity contribution < 1.29 is 4.79 Å². The molecule has 1 amide bonds. The summed E-state index contributed by atoms with van der Waals surface area (Å²) in [5, 5.41) is 15.9. The minimum absolute atomic E-state index is 0.0469. The highest BCUT2D eigenvalue weighted by atomic mass is 16.1. The van der Waals surface area contributed by atoms with Crippen LogP contribution in [0.5, 0.6) is 0 Å². The van der Waals surface area contributed by atoms with Crippen LogP contribution in [0, 0.1) is 19.8 Å². The zero-order chi connectivity index (χ0) is 18.0. The number of nitrogens with zero attached hydrogens (tertiary/aromatic N) is 4. The van der Waals surface area contributed by atoms with Gasteiger partial charge in [-0.15, -0.1) is 5.10 Å². The second-order valence-corrected chi connectivity index (χ2v) is 7.32. The molecule has 1 aromatic heterocycles. The molecule has 6 nitrogen and oxygen atoms in total. The lowest BCUT2D eigenvalue weighted by Gasteiger charge is -2.39. The molecule has 134 valence electrons. The number of carbonyl (C=O) groups is 1. The van der Waals surface area contributed by atoms with Crippen molar-refractivity contribution in [1.29, 1.82) is 0 Å². The first-order valence-corrected chi connectivity index (χ1v) is 9.13. The van der Waals surface area contributed by atoms with E-state index >= 15 is 0 Å². The predicted molar refractivity (Wildman–Crippen MR) is 96.4 cm³/mol. The van der Waals surface area contributed by atoms with Crippen LogP contribution < -0.4 is 5.32 Å². The van der Waals surface area contributed by atoms with Gasteiger partial charge in [-0.05, 0) is 67.0 Å². The molecule has 3 rings (SSSR count). The molecule has 0 spiro atoms. The van der Waals surface area contributed by atoms with Gasteiger partial charge in [-0.3, -0.25) is 4.79 Å². The number of amides is 1. The van der Waals surface area contributed by atoms with Gasteiger partial charge < -0.3 is 5.32 Å². The van der Waals surface area contributed by atoms with Crippen molar-refractivity contribution in [3.05, 3.63) is 35.2 Å². The minimum Gasteiger partial charge on any atom is -0.343 e. The summed E-state index contributed by atoms with van der Waals surface area (Å²) >= 11 is 0. The molecule has 1 aromatic carbocycles. The number of carbonyl (C=O) groups excluding carboxylic acids is 1. The Morgan fingerprint density at radius 1 is 1.28 bits per heavy atom. The maximum absolute atomic E-state index is 12.3. The summed E-state index contributed by atoms with van der Waals surface area (Å²) in [6.45, 7) is 8.27. The van der Waals surface area contributed by atoms with Crippen molar-refractivity contribution in [2.75, 3.05) is 0 Å². The number of benzene rings is 1. The standard InChI is InChI=1S/C19H27N5O/c1-5-16(25)20-19(11-9-13(2)10-12-19)18-21-22-23-24(18)17-14(3)7-6-8-15(17)4/h6-8,13H,5,9-12H2,1-4H3,(H,20,25). The Kier molecular flexibility index (Phi) is 4.88. The van der Waals surface area contributed by atoms with E-state index in [-0.39, 0.29) is 5.91 Å². The summed E-state index contributed by atoms with van der Waals surface area (Å²) in [6.07, 6.45) is 4.31. The Morgan fingerprint density at radius 3 is 2.52 bits per heavy atom. The van der Waals surface area contributed by atoms with Crippen molar-refractivity contribution in [3.63, 3.8) is 0 Å². The number of hydrogen-bond acceptors (Lipinski definition) is 4. The fourth-order valence-corrected chi connectivity index (χ4v) is 3.79. The molecule has 25 heavy (non-hydrogen) atoms. The van der Waals surface area contributed by atoms with Crippen LogP contribution in [0.1, 0.15) is 62.9 Å². The van der Waals surface area contributed by atoms with E-state index in [1.54, 1.807) is 0 Å². The number of para-hydroxylation sites is 1. The van der Waals surface area contributed by atoms with E-state index in [0.29, 0.717) is 12.3 Å². The SMILES string of the molecule is CCC(=O)NC1(c2nnnn2-c2c(C)cccc2C)CCC(C)CC1. The first kappa shape index (κ1) is 17.6. The van der Waals surface area contributed by atoms with Crippen LogP contribution in [0.2, 0.25) is 0 Å². The molecule has 1 heterocycles. The van der Waals surface area contributed by atoms with Crippen LogP contribution in [0.25, 0.3) is 5.69 Å². The van der Waals surface area contributed by atoms with Crippen LogP contribution in [0.3, 0.4) is 0 Å². The number of nitrogens with one attached hydrogen (secondary N) is 1. The molecule has 2 aromatic rings. The molecule has 1 aliphatic rings. The molecule has 6 heteroatoms. The Balaban J connectivity index is 2.10. The maximum atomic E-state index is 12.3. The Bertz CT molecular complexity index is 739. The van der Waals surface area contributed by atoms with Gasteiger partial charge in [-0.2, -0.15) is 4.68 Å². The fourth-order valence-electron chi connectivity index (χ4n) is 3.79. The second kappa shape index (κ2) is 6.94. The van der Waals surface area contributed by atoms with E-state index in [1.807, 2.05) is 17.7 Å². The van der Waals surface area contributed by atoms with Gasteiger partial charge in [0.25, 0.3) is 0 Å². The maximum Gasteiger partial charge on any atom is 0.220 e. The zero-order valence-corrected chi connectivity index (χ0v) is 15.5. The highest BCUT2D eigenvalue weighted by Crippen LogP contribution is 2.39. The Morgan fingerprint density at radius 2 is 1.92 bits per heavy atom. The van der Waals surface area contributed by atoms with Crippen LogP contribution in [0.15, 0.2) is 18.2 Å². The predicted octanol–water partition coefficient (Wildman–Crippen LogP) is 3.21. The third-order valence-electron chi connectivity index (χ3n) is 5.38. The number of aromatic nitrogens is 4. The fraction of sp³-hybridized carbons (Fsp3) is 0.579. The monoisotopic (exact) mass is 341 g/mol. The van der Waals surface area contributed by atoms with Crippen molar-refractivity contribution in [2.24, 2.45) is 5.92 Å². The van der Waals surface area contributed by atoms with Gasteiger partial charge in [-0.1, -0.05) is 32.0 Å². The average Bonchev–Trinajstić information content (AvgIpc) is 3.07. The molecular weight excluding hydrogens is 314 g/mol. The van der Waals surface area contributed by atoms with E-state index in [9.17, 15) is 4.79 Å². The molecule has 0 saturated heterocycles. The highest BCUT2D eigenvalue weighted by Gasteiger charge is 2.42. The van der Waals surface area contributed by atoms with E-state index < -0.39 is 5.54 Å². The summed E-state index contributed by atoms with van der Waals surface area (Å²) in [6, 6.07) is 6.16. The van der Waals surface area contributed by atoms with Gasteiger partial charge in [0.2, 0.25) is 5.91 Å².